The van der Waals surface area contributed by atoms with Crippen molar-refractivity contribution >= 4 is 21.6 Å². The van der Waals surface area contributed by atoms with Gasteiger partial charge in [-0.1, -0.05) is 6.92 Å². The van der Waals surface area contributed by atoms with E-state index in [-0.39, 0.29) is 11.9 Å². The van der Waals surface area contributed by atoms with E-state index in [0.717, 1.165) is 24.8 Å². The van der Waals surface area contributed by atoms with Gasteiger partial charge in [-0.2, -0.15) is 0 Å². The number of sulfonamides is 1. The SMILES string of the molecule is CCC(C)NC(=O)c1ccc2c(c1)CCCN2S(C)(=O)=O. The summed E-state index contributed by atoms with van der Waals surface area (Å²) in [7, 11) is -3.26. The second-order valence-corrected chi connectivity index (χ2v) is 7.47. The van der Waals surface area contributed by atoms with Crippen LogP contribution < -0.4 is 9.62 Å². The number of aryl methyl sites for hydroxylation is 1. The van der Waals surface area contributed by atoms with Gasteiger partial charge < -0.3 is 5.32 Å². The van der Waals surface area contributed by atoms with Gasteiger partial charge in [0.15, 0.2) is 0 Å². The highest BCUT2D eigenvalue weighted by atomic mass is 32.2. The summed E-state index contributed by atoms with van der Waals surface area (Å²) in [6.07, 6.45) is 3.66. The molecule has 0 fully saturated rings. The smallest absolute Gasteiger partial charge is 0.251 e. The molecule has 1 aromatic rings. The summed E-state index contributed by atoms with van der Waals surface area (Å²) in [5.74, 6) is -0.108. The third-order valence-corrected chi connectivity index (χ3v) is 4.99. The number of anilines is 1. The van der Waals surface area contributed by atoms with E-state index < -0.39 is 10.0 Å². The van der Waals surface area contributed by atoms with E-state index >= 15 is 0 Å². The van der Waals surface area contributed by atoms with Crippen LogP contribution in [0.15, 0.2) is 18.2 Å². The normalized spacial score (nSPS) is 16.2. The predicted molar refractivity (Wildman–Crippen MR) is 84.2 cm³/mol. The first-order chi connectivity index (χ1) is 9.82. The number of benzene rings is 1. The summed E-state index contributed by atoms with van der Waals surface area (Å²) in [5.41, 5.74) is 2.21. The third-order valence-electron chi connectivity index (χ3n) is 3.81. The van der Waals surface area contributed by atoms with E-state index in [1.54, 1.807) is 12.1 Å². The molecule has 21 heavy (non-hydrogen) atoms. The number of nitrogens with zero attached hydrogens (tertiary/aromatic N) is 1. The molecule has 1 amide bonds. The van der Waals surface area contributed by atoms with Crippen molar-refractivity contribution in [2.75, 3.05) is 17.1 Å². The van der Waals surface area contributed by atoms with Gasteiger partial charge in [0.05, 0.1) is 11.9 Å². The molecule has 0 aromatic heterocycles. The van der Waals surface area contributed by atoms with Gasteiger partial charge in [0.25, 0.3) is 5.91 Å². The molecular weight excluding hydrogens is 288 g/mol. The second kappa shape index (κ2) is 6.05. The Kier molecular flexibility index (Phi) is 4.56. The summed E-state index contributed by atoms with van der Waals surface area (Å²) in [5, 5.41) is 2.92. The van der Waals surface area contributed by atoms with Gasteiger partial charge in [-0.05, 0) is 49.9 Å². The highest BCUT2D eigenvalue weighted by Gasteiger charge is 2.24. The van der Waals surface area contributed by atoms with Crippen molar-refractivity contribution in [2.45, 2.75) is 39.2 Å². The Morgan fingerprint density at radius 2 is 2.14 bits per heavy atom. The first-order valence-electron chi connectivity index (χ1n) is 7.24. The van der Waals surface area contributed by atoms with Gasteiger partial charge in [0, 0.05) is 18.2 Å². The maximum Gasteiger partial charge on any atom is 0.251 e. The molecule has 0 bridgehead atoms. The van der Waals surface area contributed by atoms with Crippen LogP contribution in [-0.4, -0.2) is 33.2 Å². The fourth-order valence-corrected chi connectivity index (χ4v) is 3.45. The molecule has 2 rings (SSSR count). The average molecular weight is 310 g/mol. The highest BCUT2D eigenvalue weighted by molar-refractivity contribution is 7.92. The van der Waals surface area contributed by atoms with Crippen molar-refractivity contribution in [1.82, 2.24) is 5.32 Å². The number of fused-ring (bicyclic) bond motifs is 1. The van der Waals surface area contributed by atoms with E-state index in [9.17, 15) is 13.2 Å². The van der Waals surface area contributed by atoms with E-state index in [1.165, 1.54) is 10.6 Å². The zero-order valence-electron chi connectivity index (χ0n) is 12.7. The van der Waals surface area contributed by atoms with Crippen molar-refractivity contribution in [1.29, 1.82) is 0 Å². The van der Waals surface area contributed by atoms with Gasteiger partial charge in [0.1, 0.15) is 0 Å². The Bertz CT molecular complexity index is 640. The third kappa shape index (κ3) is 3.56. The molecule has 116 valence electrons. The van der Waals surface area contributed by atoms with E-state index in [2.05, 4.69) is 5.32 Å². The largest absolute Gasteiger partial charge is 0.350 e. The molecule has 1 aromatic carbocycles. The Morgan fingerprint density at radius 1 is 1.43 bits per heavy atom. The lowest BCUT2D eigenvalue weighted by Gasteiger charge is -2.29. The van der Waals surface area contributed by atoms with Crippen molar-refractivity contribution in [2.24, 2.45) is 0 Å². The zero-order chi connectivity index (χ0) is 15.6. The lowest BCUT2D eigenvalue weighted by molar-refractivity contribution is 0.0939. The van der Waals surface area contributed by atoms with E-state index in [0.29, 0.717) is 17.8 Å². The van der Waals surface area contributed by atoms with Gasteiger partial charge >= 0.3 is 0 Å². The molecule has 0 saturated carbocycles. The molecule has 1 heterocycles. The topological polar surface area (TPSA) is 66.5 Å². The minimum absolute atomic E-state index is 0.108. The van der Waals surface area contributed by atoms with Crippen LogP contribution in [0, 0.1) is 0 Å². The summed E-state index contributed by atoms with van der Waals surface area (Å²) in [4.78, 5) is 12.1. The van der Waals surface area contributed by atoms with Crippen LogP contribution in [0.25, 0.3) is 0 Å². The number of hydrogen-bond acceptors (Lipinski definition) is 3. The Balaban J connectivity index is 2.29. The molecule has 0 radical (unpaired) electrons. The van der Waals surface area contributed by atoms with Crippen LogP contribution in [0.2, 0.25) is 0 Å². The van der Waals surface area contributed by atoms with E-state index in [4.69, 9.17) is 0 Å². The van der Waals surface area contributed by atoms with Crippen LogP contribution in [-0.2, 0) is 16.4 Å². The fourth-order valence-electron chi connectivity index (χ4n) is 2.46. The van der Waals surface area contributed by atoms with Gasteiger partial charge in [-0.25, -0.2) is 8.42 Å². The standard InChI is InChI=1S/C15H22N2O3S/c1-4-11(2)16-15(18)13-7-8-14-12(10-13)6-5-9-17(14)21(3,19)20/h7-8,10-11H,4-6,9H2,1-3H3,(H,16,18). The molecule has 6 heteroatoms. The molecule has 1 unspecified atom stereocenters. The van der Waals surface area contributed by atoms with Crippen molar-refractivity contribution in [3.05, 3.63) is 29.3 Å². The highest BCUT2D eigenvalue weighted by Crippen LogP contribution is 2.29. The van der Waals surface area contributed by atoms with Crippen molar-refractivity contribution in [3.8, 4) is 0 Å². The summed E-state index contributed by atoms with van der Waals surface area (Å²) >= 11 is 0. The predicted octanol–water partition coefficient (Wildman–Crippen LogP) is 1.93. The summed E-state index contributed by atoms with van der Waals surface area (Å²) in [6, 6.07) is 5.37. The molecule has 0 spiro atoms. The zero-order valence-corrected chi connectivity index (χ0v) is 13.5. The maximum atomic E-state index is 12.1. The van der Waals surface area contributed by atoms with Gasteiger partial charge in [-0.3, -0.25) is 9.10 Å². The average Bonchev–Trinajstić information content (AvgIpc) is 2.44. The minimum atomic E-state index is -3.26. The summed E-state index contributed by atoms with van der Waals surface area (Å²) < 4.78 is 25.0. The molecular formula is C15H22N2O3S. The van der Waals surface area contributed by atoms with E-state index in [1.807, 2.05) is 19.9 Å². The Hall–Kier alpha value is -1.56. The first kappa shape index (κ1) is 15.8. The fraction of sp³-hybridized carbons (Fsp3) is 0.533. The number of rotatable bonds is 4. The van der Waals surface area contributed by atoms with Crippen LogP contribution >= 0.6 is 0 Å². The maximum absolute atomic E-state index is 12.1. The number of carbonyl (C=O) groups excluding carboxylic acids is 1. The van der Waals surface area contributed by atoms with Gasteiger partial charge in [0.2, 0.25) is 10.0 Å². The number of hydrogen-bond donors (Lipinski definition) is 1. The molecule has 1 N–H and O–H groups in total. The van der Waals surface area contributed by atoms with Crippen LogP contribution in [0.3, 0.4) is 0 Å². The van der Waals surface area contributed by atoms with Crippen molar-refractivity contribution in [3.63, 3.8) is 0 Å². The van der Waals surface area contributed by atoms with Crippen LogP contribution in [0.1, 0.15) is 42.6 Å². The minimum Gasteiger partial charge on any atom is -0.350 e. The number of amides is 1. The molecule has 1 aliphatic rings. The van der Waals surface area contributed by atoms with Crippen molar-refractivity contribution < 1.29 is 13.2 Å². The molecule has 0 saturated heterocycles. The lowest BCUT2D eigenvalue weighted by atomic mass is 10.0. The van der Waals surface area contributed by atoms with Crippen LogP contribution in [0.5, 0.6) is 0 Å². The quantitative estimate of drug-likeness (QED) is 0.924. The Morgan fingerprint density at radius 3 is 2.76 bits per heavy atom. The first-order valence-corrected chi connectivity index (χ1v) is 9.09. The van der Waals surface area contributed by atoms with Gasteiger partial charge in [-0.15, -0.1) is 0 Å². The monoisotopic (exact) mass is 310 g/mol. The van der Waals surface area contributed by atoms with Crippen LogP contribution in [0.4, 0.5) is 5.69 Å². The number of carbonyl (C=O) groups is 1. The molecule has 1 aliphatic heterocycles. The number of nitrogens with one attached hydrogen (secondary N) is 1. The molecule has 1 atom stereocenters. The molecule has 5 nitrogen and oxygen atoms in total. The molecule has 0 aliphatic carbocycles. The summed E-state index contributed by atoms with van der Waals surface area (Å²) in [6.45, 7) is 4.48. The second-order valence-electron chi connectivity index (χ2n) is 5.56. The lowest BCUT2D eigenvalue weighted by Crippen LogP contribution is -2.35. The Labute approximate surface area is 126 Å².